The molecule has 2 N–H and O–H groups in total. The predicted molar refractivity (Wildman–Crippen MR) is 81.9 cm³/mol. The van der Waals surface area contributed by atoms with Crippen molar-refractivity contribution in [1.29, 1.82) is 0 Å². The van der Waals surface area contributed by atoms with Crippen LogP contribution < -0.4 is 10.6 Å². The van der Waals surface area contributed by atoms with Gasteiger partial charge in [-0.05, 0) is 38.8 Å². The number of hydrogen-bond acceptors (Lipinski definition) is 5. The minimum absolute atomic E-state index is 0.654. The van der Waals surface area contributed by atoms with Gasteiger partial charge in [-0.25, -0.2) is 9.97 Å². The van der Waals surface area contributed by atoms with Crippen LogP contribution in [0.15, 0.2) is 6.33 Å². The minimum Gasteiger partial charge on any atom is -0.383 e. The molecular weight excluding hydrogens is 250 g/mol. The second-order valence-corrected chi connectivity index (χ2v) is 5.94. The van der Waals surface area contributed by atoms with Gasteiger partial charge in [0.15, 0.2) is 0 Å². The molecule has 0 bridgehead atoms. The van der Waals surface area contributed by atoms with E-state index < -0.39 is 0 Å². The van der Waals surface area contributed by atoms with Crippen molar-refractivity contribution in [3.63, 3.8) is 0 Å². The number of aromatic nitrogens is 2. The van der Waals surface area contributed by atoms with Gasteiger partial charge in [-0.1, -0.05) is 13.3 Å². The molecule has 0 aliphatic carbocycles. The number of likely N-dealkylation sites (tertiary alicyclic amines) is 1. The first kappa shape index (κ1) is 13.6. The molecule has 1 unspecified atom stereocenters. The van der Waals surface area contributed by atoms with E-state index in [0.29, 0.717) is 11.9 Å². The van der Waals surface area contributed by atoms with Crippen molar-refractivity contribution in [2.45, 2.75) is 45.1 Å². The van der Waals surface area contributed by atoms with Gasteiger partial charge in [0.1, 0.15) is 18.0 Å². The van der Waals surface area contributed by atoms with Crippen LogP contribution in [-0.2, 0) is 6.42 Å². The minimum atomic E-state index is 0.654. The summed E-state index contributed by atoms with van der Waals surface area (Å²) in [7, 11) is 0. The van der Waals surface area contributed by atoms with E-state index in [1.807, 2.05) is 0 Å². The maximum Gasteiger partial charge on any atom is 0.137 e. The zero-order valence-corrected chi connectivity index (χ0v) is 12.4. The van der Waals surface area contributed by atoms with Crippen LogP contribution in [0.4, 0.5) is 11.6 Å². The third kappa shape index (κ3) is 2.59. The second kappa shape index (κ2) is 5.95. The van der Waals surface area contributed by atoms with Crippen molar-refractivity contribution in [3.8, 4) is 0 Å². The van der Waals surface area contributed by atoms with E-state index in [1.54, 1.807) is 6.33 Å². The number of nitrogen functional groups attached to an aromatic ring is 1. The summed E-state index contributed by atoms with van der Waals surface area (Å²) in [6.07, 6.45) is 7.61. The molecule has 1 aromatic heterocycles. The van der Waals surface area contributed by atoms with Crippen molar-refractivity contribution in [2.24, 2.45) is 0 Å². The summed E-state index contributed by atoms with van der Waals surface area (Å²) in [4.78, 5) is 13.7. The van der Waals surface area contributed by atoms with Crippen LogP contribution in [0.3, 0.4) is 0 Å². The molecule has 0 aromatic carbocycles. The van der Waals surface area contributed by atoms with Crippen molar-refractivity contribution in [1.82, 2.24) is 14.9 Å². The summed E-state index contributed by atoms with van der Waals surface area (Å²) in [5.74, 6) is 1.72. The fourth-order valence-corrected chi connectivity index (χ4v) is 3.52. The maximum absolute atomic E-state index is 6.04. The van der Waals surface area contributed by atoms with E-state index in [1.165, 1.54) is 32.4 Å². The Morgan fingerprint density at radius 2 is 2.05 bits per heavy atom. The SMILES string of the molecule is CCCc1c(N)ncnc1N1CCC(N2CCCC2)C1. The summed E-state index contributed by atoms with van der Waals surface area (Å²) in [5, 5.41) is 0. The Kier molecular flexibility index (Phi) is 4.05. The van der Waals surface area contributed by atoms with Gasteiger partial charge in [-0.15, -0.1) is 0 Å². The van der Waals surface area contributed by atoms with E-state index in [4.69, 9.17) is 5.73 Å². The van der Waals surface area contributed by atoms with Crippen LogP contribution in [0.25, 0.3) is 0 Å². The molecule has 20 heavy (non-hydrogen) atoms. The standard InChI is InChI=1S/C15H25N5/c1-2-5-13-14(16)17-11-18-15(13)20-9-6-12(10-20)19-7-3-4-8-19/h11-12H,2-10H2,1H3,(H2,16,17,18). The summed E-state index contributed by atoms with van der Waals surface area (Å²) < 4.78 is 0. The first-order chi connectivity index (χ1) is 9.79. The highest BCUT2D eigenvalue weighted by Crippen LogP contribution is 2.28. The maximum atomic E-state index is 6.04. The Morgan fingerprint density at radius 3 is 2.80 bits per heavy atom. The summed E-state index contributed by atoms with van der Waals surface area (Å²) in [6.45, 7) is 6.90. The first-order valence-electron chi connectivity index (χ1n) is 7.88. The van der Waals surface area contributed by atoms with Gasteiger partial charge in [0, 0.05) is 24.7 Å². The van der Waals surface area contributed by atoms with E-state index in [2.05, 4.69) is 26.7 Å². The third-order valence-corrected chi connectivity index (χ3v) is 4.58. The summed E-state index contributed by atoms with van der Waals surface area (Å²) in [5.41, 5.74) is 7.18. The Bertz CT molecular complexity index is 456. The molecule has 3 rings (SSSR count). The quantitative estimate of drug-likeness (QED) is 0.906. The van der Waals surface area contributed by atoms with Gasteiger partial charge in [0.05, 0.1) is 0 Å². The van der Waals surface area contributed by atoms with E-state index in [0.717, 1.165) is 37.3 Å². The largest absolute Gasteiger partial charge is 0.383 e. The zero-order valence-electron chi connectivity index (χ0n) is 12.4. The smallest absolute Gasteiger partial charge is 0.137 e. The lowest BCUT2D eigenvalue weighted by Crippen LogP contribution is -2.35. The topological polar surface area (TPSA) is 58.3 Å². The Morgan fingerprint density at radius 1 is 1.25 bits per heavy atom. The van der Waals surface area contributed by atoms with Crippen molar-refractivity contribution >= 4 is 11.6 Å². The van der Waals surface area contributed by atoms with Crippen LogP contribution >= 0.6 is 0 Å². The Balaban J connectivity index is 1.75. The molecule has 2 saturated heterocycles. The molecule has 2 fully saturated rings. The number of nitrogens with zero attached hydrogens (tertiary/aromatic N) is 4. The zero-order chi connectivity index (χ0) is 13.9. The summed E-state index contributed by atoms with van der Waals surface area (Å²) in [6, 6.07) is 0.697. The number of hydrogen-bond donors (Lipinski definition) is 1. The lowest BCUT2D eigenvalue weighted by molar-refractivity contribution is 0.260. The van der Waals surface area contributed by atoms with Crippen LogP contribution in [0, 0.1) is 0 Å². The van der Waals surface area contributed by atoms with Crippen LogP contribution in [0.2, 0.25) is 0 Å². The first-order valence-corrected chi connectivity index (χ1v) is 7.88. The normalized spacial score (nSPS) is 23.6. The number of anilines is 2. The van der Waals surface area contributed by atoms with E-state index in [-0.39, 0.29) is 0 Å². The highest BCUT2D eigenvalue weighted by atomic mass is 15.3. The molecule has 0 saturated carbocycles. The fraction of sp³-hybridized carbons (Fsp3) is 0.733. The van der Waals surface area contributed by atoms with Crippen LogP contribution in [0.5, 0.6) is 0 Å². The lowest BCUT2D eigenvalue weighted by Gasteiger charge is -2.25. The van der Waals surface area contributed by atoms with E-state index in [9.17, 15) is 0 Å². The molecule has 1 atom stereocenters. The second-order valence-electron chi connectivity index (χ2n) is 5.94. The highest BCUT2D eigenvalue weighted by molar-refractivity contribution is 5.57. The molecule has 0 radical (unpaired) electrons. The molecule has 0 spiro atoms. The number of nitrogens with two attached hydrogens (primary N) is 1. The molecule has 0 amide bonds. The lowest BCUT2D eigenvalue weighted by atomic mass is 10.1. The molecule has 1 aromatic rings. The average Bonchev–Trinajstić information content (AvgIpc) is 3.11. The molecule has 2 aliphatic rings. The average molecular weight is 275 g/mol. The predicted octanol–water partition coefficient (Wildman–Crippen LogP) is 1.69. The molecule has 2 aliphatic heterocycles. The number of rotatable bonds is 4. The molecule has 3 heterocycles. The fourth-order valence-electron chi connectivity index (χ4n) is 3.52. The van der Waals surface area contributed by atoms with Crippen LogP contribution in [0.1, 0.15) is 38.2 Å². The monoisotopic (exact) mass is 275 g/mol. The Labute approximate surface area is 121 Å². The van der Waals surface area contributed by atoms with E-state index >= 15 is 0 Å². The van der Waals surface area contributed by atoms with Gasteiger partial charge in [0.2, 0.25) is 0 Å². The molecule has 5 nitrogen and oxygen atoms in total. The van der Waals surface area contributed by atoms with Crippen molar-refractivity contribution < 1.29 is 0 Å². The Hall–Kier alpha value is -1.36. The summed E-state index contributed by atoms with van der Waals surface area (Å²) >= 11 is 0. The third-order valence-electron chi connectivity index (χ3n) is 4.58. The molecule has 110 valence electrons. The van der Waals surface area contributed by atoms with Gasteiger partial charge in [-0.3, -0.25) is 4.90 Å². The van der Waals surface area contributed by atoms with Gasteiger partial charge >= 0.3 is 0 Å². The van der Waals surface area contributed by atoms with Crippen LogP contribution in [-0.4, -0.2) is 47.1 Å². The van der Waals surface area contributed by atoms with Crippen molar-refractivity contribution in [2.75, 3.05) is 36.8 Å². The highest BCUT2D eigenvalue weighted by Gasteiger charge is 2.31. The molecular formula is C15H25N5. The van der Waals surface area contributed by atoms with Gasteiger partial charge in [-0.2, -0.15) is 0 Å². The van der Waals surface area contributed by atoms with Crippen molar-refractivity contribution in [3.05, 3.63) is 11.9 Å². The molecule has 5 heteroatoms. The van der Waals surface area contributed by atoms with Gasteiger partial charge < -0.3 is 10.6 Å². The van der Waals surface area contributed by atoms with Gasteiger partial charge in [0.25, 0.3) is 0 Å².